The summed E-state index contributed by atoms with van der Waals surface area (Å²) in [5, 5.41) is 3.62. The van der Waals surface area contributed by atoms with Gasteiger partial charge in [-0.25, -0.2) is 4.79 Å². The Balaban J connectivity index is 1.12. The van der Waals surface area contributed by atoms with E-state index in [1.54, 1.807) is 30.3 Å². The molecule has 0 fully saturated rings. The third-order valence-electron chi connectivity index (χ3n) is 7.43. The number of esters is 1. The van der Waals surface area contributed by atoms with E-state index in [-0.39, 0.29) is 17.8 Å². The van der Waals surface area contributed by atoms with Crippen LogP contribution >= 0.6 is 11.3 Å². The van der Waals surface area contributed by atoms with Crippen molar-refractivity contribution in [1.29, 1.82) is 0 Å². The average molecular weight is 596 g/mol. The Morgan fingerprint density at radius 3 is 2.51 bits per heavy atom. The van der Waals surface area contributed by atoms with Crippen molar-refractivity contribution in [3.63, 3.8) is 0 Å². The van der Waals surface area contributed by atoms with Gasteiger partial charge in [0, 0.05) is 10.9 Å². The van der Waals surface area contributed by atoms with Crippen LogP contribution in [0.15, 0.2) is 88.3 Å². The molecule has 0 bridgehead atoms. The van der Waals surface area contributed by atoms with Crippen molar-refractivity contribution >= 4 is 39.2 Å². The van der Waals surface area contributed by atoms with Gasteiger partial charge in [0.2, 0.25) is 11.2 Å². The molecule has 1 amide bonds. The molecule has 0 saturated carbocycles. The number of thiophene rings is 1. The van der Waals surface area contributed by atoms with Gasteiger partial charge in [0.25, 0.3) is 5.91 Å². The van der Waals surface area contributed by atoms with Crippen LogP contribution in [-0.2, 0) is 22.4 Å². The number of carbonyl (C=O) groups excluding carboxylic acids is 2. The highest BCUT2D eigenvalue weighted by atomic mass is 32.1. The zero-order chi connectivity index (χ0) is 29.9. The van der Waals surface area contributed by atoms with Crippen LogP contribution < -0.4 is 20.2 Å². The van der Waals surface area contributed by atoms with Gasteiger partial charge >= 0.3 is 5.97 Å². The summed E-state index contributed by atoms with van der Waals surface area (Å²) in [6.45, 7) is 1.88. The molecule has 1 N–H and O–H groups in total. The number of methoxy groups -OCH3 is 1. The van der Waals surface area contributed by atoms with Crippen molar-refractivity contribution < 1.29 is 28.2 Å². The topological polar surface area (TPSA) is 104 Å². The number of hydrogen-bond acceptors (Lipinski definition) is 8. The van der Waals surface area contributed by atoms with E-state index >= 15 is 0 Å². The van der Waals surface area contributed by atoms with Gasteiger partial charge in [-0.05, 0) is 66.1 Å². The monoisotopic (exact) mass is 595 g/mol. The fourth-order valence-corrected chi connectivity index (χ4v) is 6.61. The van der Waals surface area contributed by atoms with Crippen molar-refractivity contribution in [2.24, 2.45) is 5.92 Å². The summed E-state index contributed by atoms with van der Waals surface area (Å²) < 4.78 is 22.2. The molecule has 43 heavy (non-hydrogen) atoms. The van der Waals surface area contributed by atoms with E-state index in [4.69, 9.17) is 18.6 Å². The van der Waals surface area contributed by atoms with Gasteiger partial charge in [-0.2, -0.15) is 0 Å². The van der Waals surface area contributed by atoms with E-state index in [2.05, 4.69) is 12.2 Å². The zero-order valence-electron chi connectivity index (χ0n) is 23.7. The summed E-state index contributed by atoms with van der Waals surface area (Å²) in [6, 6.07) is 22.1. The quantitative estimate of drug-likeness (QED) is 0.189. The lowest BCUT2D eigenvalue weighted by Crippen LogP contribution is -2.21. The van der Waals surface area contributed by atoms with Crippen LogP contribution in [0.4, 0.5) is 5.00 Å². The molecule has 0 radical (unpaired) electrons. The Kier molecular flexibility index (Phi) is 7.98. The molecule has 1 atom stereocenters. The molecule has 5 aromatic rings. The maximum Gasteiger partial charge on any atom is 0.341 e. The molecule has 1 aliphatic rings. The summed E-state index contributed by atoms with van der Waals surface area (Å²) >= 11 is 1.41. The molecule has 9 heteroatoms. The predicted octanol–water partition coefficient (Wildman–Crippen LogP) is 7.24. The number of benzene rings is 3. The second-order valence-electron chi connectivity index (χ2n) is 10.5. The maximum absolute atomic E-state index is 13.1. The molecule has 2 aromatic heterocycles. The number of amides is 1. The van der Waals surface area contributed by atoms with Crippen LogP contribution in [0.5, 0.6) is 17.2 Å². The standard InChI is InChI=1S/C34H29NO7S/c1-20-8-14-26-29(16-20)43-33(31(26)34(38)39-2)35-30(36)19-40-24-13-15-25-27(17-24)41-18-28(32(25)37)42-23-11-9-22(10-12-23)21-6-4-3-5-7-21/h3-7,9-13,15,17-18,20H,8,14,16,19H2,1-2H3,(H,35,36). The molecular formula is C34H29NO7S. The van der Waals surface area contributed by atoms with Crippen LogP contribution in [0.2, 0.25) is 0 Å². The van der Waals surface area contributed by atoms with Crippen molar-refractivity contribution in [3.8, 4) is 28.4 Å². The first-order valence-electron chi connectivity index (χ1n) is 13.9. The van der Waals surface area contributed by atoms with Crippen LogP contribution in [0.25, 0.3) is 22.1 Å². The van der Waals surface area contributed by atoms with E-state index in [1.165, 1.54) is 24.7 Å². The van der Waals surface area contributed by atoms with E-state index in [0.717, 1.165) is 40.8 Å². The van der Waals surface area contributed by atoms with Crippen molar-refractivity contribution in [1.82, 2.24) is 0 Å². The van der Waals surface area contributed by atoms with Crippen molar-refractivity contribution in [2.75, 3.05) is 19.0 Å². The fraction of sp³-hybridized carbons (Fsp3) is 0.206. The van der Waals surface area contributed by atoms with E-state index in [1.807, 2.05) is 42.5 Å². The van der Waals surface area contributed by atoms with Crippen molar-refractivity contribution in [3.05, 3.63) is 105 Å². The molecule has 0 spiro atoms. The highest BCUT2D eigenvalue weighted by Crippen LogP contribution is 2.40. The highest BCUT2D eigenvalue weighted by molar-refractivity contribution is 7.17. The normalized spacial score (nSPS) is 14.1. The number of hydrogen-bond donors (Lipinski definition) is 1. The fourth-order valence-electron chi connectivity index (χ4n) is 5.19. The second-order valence-corrected chi connectivity index (χ2v) is 11.6. The lowest BCUT2D eigenvalue weighted by atomic mass is 9.88. The summed E-state index contributed by atoms with van der Waals surface area (Å²) in [5.41, 5.74) is 3.48. The molecule has 1 aliphatic carbocycles. The van der Waals surface area contributed by atoms with Gasteiger partial charge < -0.3 is 23.9 Å². The van der Waals surface area contributed by atoms with Gasteiger partial charge in [0.1, 0.15) is 28.3 Å². The van der Waals surface area contributed by atoms with Gasteiger partial charge in [-0.15, -0.1) is 11.3 Å². The zero-order valence-corrected chi connectivity index (χ0v) is 24.5. The van der Waals surface area contributed by atoms with Gasteiger partial charge in [0.05, 0.1) is 18.1 Å². The van der Waals surface area contributed by atoms with Gasteiger partial charge in [-0.1, -0.05) is 49.4 Å². The second kappa shape index (κ2) is 12.1. The molecule has 0 aliphatic heterocycles. The first-order chi connectivity index (χ1) is 20.9. The predicted molar refractivity (Wildman–Crippen MR) is 165 cm³/mol. The summed E-state index contributed by atoms with van der Waals surface area (Å²) in [6.07, 6.45) is 3.89. The third-order valence-corrected chi connectivity index (χ3v) is 8.60. The minimum atomic E-state index is -0.458. The SMILES string of the molecule is COC(=O)c1c(NC(=O)COc2ccc3c(=O)c(Oc4ccc(-c5ccccc5)cc4)coc3c2)sc2c1CCC(C)C2. The van der Waals surface area contributed by atoms with E-state index in [0.29, 0.717) is 39.0 Å². The summed E-state index contributed by atoms with van der Waals surface area (Å²) in [7, 11) is 1.34. The molecule has 3 aromatic carbocycles. The molecule has 2 heterocycles. The molecule has 0 saturated heterocycles. The lowest BCUT2D eigenvalue weighted by molar-refractivity contribution is -0.118. The number of rotatable bonds is 8. The van der Waals surface area contributed by atoms with Crippen molar-refractivity contribution in [2.45, 2.75) is 26.2 Å². The molecule has 6 rings (SSSR count). The Bertz CT molecular complexity index is 1860. The van der Waals surface area contributed by atoms with Crippen LogP contribution in [0.1, 0.15) is 34.1 Å². The Labute approximate surface area is 251 Å². The van der Waals surface area contributed by atoms with Crippen LogP contribution in [0, 0.1) is 5.92 Å². The average Bonchev–Trinajstić information content (AvgIpc) is 3.38. The number of carbonyl (C=O) groups is 2. The Hall–Kier alpha value is -4.89. The lowest BCUT2D eigenvalue weighted by Gasteiger charge is -2.18. The minimum Gasteiger partial charge on any atom is -0.484 e. The first-order valence-corrected chi connectivity index (χ1v) is 14.8. The number of anilines is 1. The maximum atomic E-state index is 13.1. The van der Waals surface area contributed by atoms with Crippen LogP contribution in [-0.4, -0.2) is 25.6 Å². The molecular weight excluding hydrogens is 566 g/mol. The van der Waals surface area contributed by atoms with Crippen LogP contribution in [0.3, 0.4) is 0 Å². The number of nitrogens with one attached hydrogen (secondary N) is 1. The van der Waals surface area contributed by atoms with Gasteiger partial charge in [0.15, 0.2) is 6.61 Å². The summed E-state index contributed by atoms with van der Waals surface area (Å²) in [5.74, 6) is 0.561. The number of fused-ring (bicyclic) bond motifs is 2. The smallest absolute Gasteiger partial charge is 0.341 e. The number of ether oxygens (including phenoxy) is 3. The first kappa shape index (κ1) is 28.2. The van der Waals surface area contributed by atoms with Gasteiger partial charge in [-0.3, -0.25) is 9.59 Å². The molecule has 8 nitrogen and oxygen atoms in total. The third kappa shape index (κ3) is 6.03. The minimum absolute atomic E-state index is 0.0578. The summed E-state index contributed by atoms with van der Waals surface area (Å²) in [4.78, 5) is 39.5. The van der Waals surface area contributed by atoms with E-state index in [9.17, 15) is 14.4 Å². The Morgan fingerprint density at radius 2 is 1.74 bits per heavy atom. The van der Waals surface area contributed by atoms with E-state index < -0.39 is 11.9 Å². The molecule has 218 valence electrons. The highest BCUT2D eigenvalue weighted by Gasteiger charge is 2.29. The Morgan fingerprint density at radius 1 is 1.00 bits per heavy atom. The molecule has 1 unspecified atom stereocenters. The largest absolute Gasteiger partial charge is 0.484 e.